The summed E-state index contributed by atoms with van der Waals surface area (Å²) in [5.41, 5.74) is 3.79. The number of aliphatic hydroxyl groups excluding tert-OH is 1. The molecule has 2 nitrogen and oxygen atoms in total. The van der Waals surface area contributed by atoms with Crippen LogP contribution in [-0.4, -0.2) is 22.7 Å². The van der Waals surface area contributed by atoms with Crippen LogP contribution in [0.1, 0.15) is 16.7 Å². The van der Waals surface area contributed by atoms with Gasteiger partial charge in [-0.1, -0.05) is 91.0 Å². The minimum absolute atomic E-state index is 0.0859. The molecule has 3 aromatic carbocycles. The molecule has 0 spiro atoms. The van der Waals surface area contributed by atoms with Gasteiger partial charge in [0.15, 0.2) is 0 Å². The molecule has 0 bridgehead atoms. The van der Waals surface area contributed by atoms with Crippen molar-refractivity contribution >= 4 is 0 Å². The Balaban J connectivity index is 1.80. The average molecular weight is 331 g/mol. The van der Waals surface area contributed by atoms with Crippen molar-refractivity contribution in [3.8, 4) is 0 Å². The molecule has 0 amide bonds. The highest BCUT2D eigenvalue weighted by atomic mass is 16.3. The molecule has 0 aliphatic heterocycles. The summed E-state index contributed by atoms with van der Waals surface area (Å²) in [5, 5.41) is 10.1. The Kier molecular flexibility index (Phi) is 6.38. The van der Waals surface area contributed by atoms with Crippen molar-refractivity contribution in [2.24, 2.45) is 0 Å². The van der Waals surface area contributed by atoms with Crippen molar-refractivity contribution in [3.05, 3.63) is 108 Å². The smallest absolute Gasteiger partial charge is 0.0590 e. The van der Waals surface area contributed by atoms with Gasteiger partial charge in [0.25, 0.3) is 0 Å². The number of hydrogen-bond acceptors (Lipinski definition) is 2. The number of aliphatic hydroxyl groups is 1. The molecular formula is C23H25NO. The summed E-state index contributed by atoms with van der Waals surface area (Å²) in [4.78, 5) is 2.37. The molecule has 0 heterocycles. The molecule has 3 rings (SSSR count). The fourth-order valence-corrected chi connectivity index (χ4v) is 3.15. The number of benzene rings is 3. The van der Waals surface area contributed by atoms with Gasteiger partial charge in [0, 0.05) is 19.1 Å². The molecule has 0 saturated heterocycles. The number of nitrogens with zero attached hydrogens (tertiary/aromatic N) is 1. The fraction of sp³-hybridized carbons (Fsp3) is 0.217. The van der Waals surface area contributed by atoms with Crippen molar-refractivity contribution < 1.29 is 5.11 Å². The van der Waals surface area contributed by atoms with Crippen LogP contribution in [0.3, 0.4) is 0 Å². The highest BCUT2D eigenvalue weighted by molar-refractivity contribution is 5.19. The van der Waals surface area contributed by atoms with Gasteiger partial charge in [0.2, 0.25) is 0 Å². The molecule has 128 valence electrons. The van der Waals surface area contributed by atoms with E-state index in [1.807, 2.05) is 18.2 Å². The summed E-state index contributed by atoms with van der Waals surface area (Å²) in [7, 11) is 0. The predicted octanol–water partition coefficient (Wildman–Crippen LogP) is 4.29. The molecule has 2 heteroatoms. The van der Waals surface area contributed by atoms with Crippen molar-refractivity contribution in [1.29, 1.82) is 0 Å². The lowest BCUT2D eigenvalue weighted by molar-refractivity contribution is 0.109. The highest BCUT2D eigenvalue weighted by Crippen LogP contribution is 2.16. The van der Waals surface area contributed by atoms with E-state index in [1.54, 1.807) is 0 Å². The molecule has 0 aliphatic rings. The highest BCUT2D eigenvalue weighted by Gasteiger charge is 2.19. The van der Waals surface area contributed by atoms with Gasteiger partial charge >= 0.3 is 0 Å². The lowest BCUT2D eigenvalue weighted by Gasteiger charge is -2.31. The van der Waals surface area contributed by atoms with E-state index in [0.29, 0.717) is 0 Å². The monoisotopic (exact) mass is 331 g/mol. The number of hydrogen-bond donors (Lipinski definition) is 1. The summed E-state index contributed by atoms with van der Waals surface area (Å²) in [6.45, 7) is 1.80. The first-order chi connectivity index (χ1) is 12.3. The maximum Gasteiger partial charge on any atom is 0.0590 e. The third kappa shape index (κ3) is 5.28. The molecule has 0 fully saturated rings. The molecule has 0 unspecified atom stereocenters. The fourth-order valence-electron chi connectivity index (χ4n) is 3.15. The van der Waals surface area contributed by atoms with E-state index in [1.165, 1.54) is 16.7 Å². The molecular weight excluding hydrogens is 306 g/mol. The van der Waals surface area contributed by atoms with E-state index in [-0.39, 0.29) is 12.6 Å². The van der Waals surface area contributed by atoms with Crippen LogP contribution in [-0.2, 0) is 19.5 Å². The third-order valence-electron chi connectivity index (χ3n) is 4.50. The minimum Gasteiger partial charge on any atom is -0.395 e. The largest absolute Gasteiger partial charge is 0.395 e. The van der Waals surface area contributed by atoms with Crippen molar-refractivity contribution in [1.82, 2.24) is 4.90 Å². The predicted molar refractivity (Wildman–Crippen MR) is 103 cm³/mol. The molecule has 1 N–H and O–H groups in total. The first-order valence-electron chi connectivity index (χ1n) is 8.82. The lowest BCUT2D eigenvalue weighted by atomic mass is 10.0. The first-order valence-corrected chi connectivity index (χ1v) is 8.82. The molecule has 1 atom stereocenters. The topological polar surface area (TPSA) is 23.5 Å². The van der Waals surface area contributed by atoms with Crippen LogP contribution in [0.15, 0.2) is 91.0 Å². The summed E-state index contributed by atoms with van der Waals surface area (Å²) in [5.74, 6) is 0. The van der Waals surface area contributed by atoms with Crippen molar-refractivity contribution in [2.45, 2.75) is 25.6 Å². The van der Waals surface area contributed by atoms with Gasteiger partial charge in [-0.25, -0.2) is 0 Å². The quantitative estimate of drug-likeness (QED) is 0.665. The third-order valence-corrected chi connectivity index (χ3v) is 4.50. The standard InChI is InChI=1S/C23H25NO/c25-19-23(16-20-10-4-1-5-11-20)24(17-21-12-6-2-7-13-21)18-22-14-8-3-9-15-22/h1-15,23,25H,16-19H2/t23-/m0/s1. The van der Waals surface area contributed by atoms with Gasteiger partial charge in [-0.05, 0) is 23.1 Å². The Morgan fingerprint density at radius 2 is 1.00 bits per heavy atom. The molecule has 0 saturated carbocycles. The van der Waals surface area contributed by atoms with Gasteiger partial charge in [-0.3, -0.25) is 4.90 Å². The van der Waals surface area contributed by atoms with Crippen LogP contribution in [0.25, 0.3) is 0 Å². The average Bonchev–Trinajstić information content (AvgIpc) is 2.68. The van der Waals surface area contributed by atoms with Crippen LogP contribution < -0.4 is 0 Å². The first kappa shape index (κ1) is 17.4. The van der Waals surface area contributed by atoms with E-state index >= 15 is 0 Å². The molecule has 0 aliphatic carbocycles. The molecule has 3 aromatic rings. The summed E-state index contributed by atoms with van der Waals surface area (Å²) >= 11 is 0. The Morgan fingerprint density at radius 3 is 1.40 bits per heavy atom. The Bertz CT molecular complexity index is 686. The van der Waals surface area contributed by atoms with Gasteiger partial charge in [0.1, 0.15) is 0 Å². The SMILES string of the molecule is OC[C@H](Cc1ccccc1)N(Cc1ccccc1)Cc1ccccc1. The zero-order chi connectivity index (χ0) is 17.3. The maximum atomic E-state index is 10.1. The zero-order valence-corrected chi connectivity index (χ0v) is 14.5. The molecule has 0 radical (unpaired) electrons. The molecule has 0 aromatic heterocycles. The molecule has 25 heavy (non-hydrogen) atoms. The zero-order valence-electron chi connectivity index (χ0n) is 14.5. The van der Waals surface area contributed by atoms with E-state index in [4.69, 9.17) is 0 Å². The van der Waals surface area contributed by atoms with Crippen molar-refractivity contribution in [2.75, 3.05) is 6.61 Å². The van der Waals surface area contributed by atoms with E-state index in [9.17, 15) is 5.11 Å². The Morgan fingerprint density at radius 1 is 0.600 bits per heavy atom. The second kappa shape index (κ2) is 9.16. The minimum atomic E-state index is 0.0859. The van der Waals surface area contributed by atoms with Crippen molar-refractivity contribution in [3.63, 3.8) is 0 Å². The van der Waals surface area contributed by atoms with Crippen LogP contribution in [0.4, 0.5) is 0 Å². The normalized spacial score (nSPS) is 12.2. The summed E-state index contributed by atoms with van der Waals surface area (Å²) in [6.07, 6.45) is 0.844. The second-order valence-electron chi connectivity index (χ2n) is 6.40. The van der Waals surface area contributed by atoms with Gasteiger partial charge in [-0.15, -0.1) is 0 Å². The van der Waals surface area contributed by atoms with Crippen LogP contribution >= 0.6 is 0 Å². The number of rotatable bonds is 8. The second-order valence-corrected chi connectivity index (χ2v) is 6.40. The summed E-state index contributed by atoms with van der Waals surface area (Å²) < 4.78 is 0. The van der Waals surface area contributed by atoms with E-state index in [2.05, 4.69) is 77.7 Å². The van der Waals surface area contributed by atoms with E-state index < -0.39 is 0 Å². The Hall–Kier alpha value is -2.42. The summed E-state index contributed by atoms with van der Waals surface area (Å²) in [6, 6.07) is 31.4. The van der Waals surface area contributed by atoms with E-state index in [0.717, 1.165) is 19.5 Å². The maximum absolute atomic E-state index is 10.1. The van der Waals surface area contributed by atoms with Crippen LogP contribution in [0.5, 0.6) is 0 Å². The van der Waals surface area contributed by atoms with Gasteiger partial charge in [-0.2, -0.15) is 0 Å². The van der Waals surface area contributed by atoms with Gasteiger partial charge in [0.05, 0.1) is 6.61 Å². The Labute approximate surface area is 150 Å². The van der Waals surface area contributed by atoms with Crippen LogP contribution in [0, 0.1) is 0 Å². The van der Waals surface area contributed by atoms with Crippen LogP contribution in [0.2, 0.25) is 0 Å². The van der Waals surface area contributed by atoms with Gasteiger partial charge < -0.3 is 5.11 Å². The lowest BCUT2D eigenvalue weighted by Crippen LogP contribution is -2.38.